The standard InChI is InChI=1S/C15H19N3O3S/c1-10(2)13(19)16-8-9-20-12-6-4-11(5-7-12)14-17-18-15(21-14)22-3/h4-7,10H,8-9H2,1-3H3,(H,16,19). The molecule has 1 aromatic heterocycles. The maximum absolute atomic E-state index is 11.4. The zero-order chi connectivity index (χ0) is 15.9. The van der Waals surface area contributed by atoms with E-state index in [0.717, 1.165) is 11.3 Å². The molecular weight excluding hydrogens is 302 g/mol. The van der Waals surface area contributed by atoms with Crippen LogP contribution in [0.3, 0.4) is 0 Å². The van der Waals surface area contributed by atoms with E-state index in [4.69, 9.17) is 9.15 Å². The van der Waals surface area contributed by atoms with Crippen molar-refractivity contribution in [2.75, 3.05) is 19.4 Å². The summed E-state index contributed by atoms with van der Waals surface area (Å²) in [5.41, 5.74) is 0.841. The van der Waals surface area contributed by atoms with Crippen LogP contribution in [0.25, 0.3) is 11.5 Å². The van der Waals surface area contributed by atoms with Crippen molar-refractivity contribution in [2.45, 2.75) is 19.1 Å². The van der Waals surface area contributed by atoms with Crippen LogP contribution in [0, 0.1) is 5.92 Å². The number of benzene rings is 1. The Balaban J connectivity index is 1.83. The summed E-state index contributed by atoms with van der Waals surface area (Å²) in [4.78, 5) is 11.4. The molecule has 0 spiro atoms. The highest BCUT2D eigenvalue weighted by molar-refractivity contribution is 7.98. The summed E-state index contributed by atoms with van der Waals surface area (Å²) in [5, 5.41) is 11.2. The van der Waals surface area contributed by atoms with Crippen molar-refractivity contribution in [1.29, 1.82) is 0 Å². The fourth-order valence-corrected chi connectivity index (χ4v) is 1.93. The molecule has 6 nitrogen and oxygen atoms in total. The second-order valence-electron chi connectivity index (χ2n) is 4.90. The Labute approximate surface area is 133 Å². The molecule has 0 fully saturated rings. The van der Waals surface area contributed by atoms with Gasteiger partial charge in [-0.3, -0.25) is 4.79 Å². The average molecular weight is 321 g/mol. The van der Waals surface area contributed by atoms with Gasteiger partial charge in [-0.15, -0.1) is 10.2 Å². The lowest BCUT2D eigenvalue weighted by Gasteiger charge is -2.09. The van der Waals surface area contributed by atoms with Crippen LogP contribution in [0.1, 0.15) is 13.8 Å². The molecule has 2 aromatic rings. The number of amides is 1. The van der Waals surface area contributed by atoms with Crippen molar-refractivity contribution in [3.05, 3.63) is 24.3 Å². The average Bonchev–Trinajstić information content (AvgIpc) is 3.01. The third-order valence-electron chi connectivity index (χ3n) is 2.88. The lowest BCUT2D eigenvalue weighted by Crippen LogP contribution is -2.31. The lowest BCUT2D eigenvalue weighted by atomic mass is 10.2. The van der Waals surface area contributed by atoms with E-state index in [2.05, 4.69) is 15.5 Å². The Bertz CT molecular complexity index is 611. The lowest BCUT2D eigenvalue weighted by molar-refractivity contribution is -0.124. The third-order valence-corrected chi connectivity index (χ3v) is 3.39. The van der Waals surface area contributed by atoms with Crippen LogP contribution in [0.4, 0.5) is 0 Å². The molecule has 0 aliphatic carbocycles. The molecule has 7 heteroatoms. The molecule has 1 N–H and O–H groups in total. The minimum absolute atomic E-state index is 0.0140. The highest BCUT2D eigenvalue weighted by Crippen LogP contribution is 2.23. The smallest absolute Gasteiger partial charge is 0.276 e. The molecule has 0 saturated heterocycles. The molecule has 2 rings (SSSR count). The van der Waals surface area contributed by atoms with Gasteiger partial charge in [-0.05, 0) is 30.5 Å². The van der Waals surface area contributed by atoms with E-state index in [-0.39, 0.29) is 11.8 Å². The van der Waals surface area contributed by atoms with E-state index in [1.165, 1.54) is 11.8 Å². The fraction of sp³-hybridized carbons (Fsp3) is 0.400. The second kappa shape index (κ2) is 7.84. The summed E-state index contributed by atoms with van der Waals surface area (Å²) in [7, 11) is 0. The van der Waals surface area contributed by atoms with Crippen LogP contribution >= 0.6 is 11.8 Å². The molecular formula is C15H19N3O3S. The Hall–Kier alpha value is -2.02. The summed E-state index contributed by atoms with van der Waals surface area (Å²) < 4.78 is 11.0. The van der Waals surface area contributed by atoms with Gasteiger partial charge in [0.05, 0.1) is 6.54 Å². The van der Waals surface area contributed by atoms with E-state index in [1.54, 1.807) is 0 Å². The highest BCUT2D eigenvalue weighted by Gasteiger charge is 2.08. The Morgan fingerprint density at radius 2 is 2.05 bits per heavy atom. The van der Waals surface area contributed by atoms with Crippen LogP contribution in [-0.4, -0.2) is 35.5 Å². The van der Waals surface area contributed by atoms with E-state index in [0.29, 0.717) is 24.3 Å². The van der Waals surface area contributed by atoms with Gasteiger partial charge in [0, 0.05) is 11.5 Å². The van der Waals surface area contributed by atoms with Crippen LogP contribution in [-0.2, 0) is 4.79 Å². The van der Waals surface area contributed by atoms with Crippen molar-refractivity contribution in [3.63, 3.8) is 0 Å². The first-order valence-corrected chi connectivity index (χ1v) is 8.21. The quantitative estimate of drug-likeness (QED) is 0.624. The summed E-state index contributed by atoms with van der Waals surface area (Å²) >= 11 is 1.41. The molecule has 0 radical (unpaired) electrons. The number of nitrogens with zero attached hydrogens (tertiary/aromatic N) is 2. The van der Waals surface area contributed by atoms with E-state index >= 15 is 0 Å². The van der Waals surface area contributed by atoms with Gasteiger partial charge in [0.2, 0.25) is 11.8 Å². The second-order valence-corrected chi connectivity index (χ2v) is 5.65. The molecule has 22 heavy (non-hydrogen) atoms. The van der Waals surface area contributed by atoms with Gasteiger partial charge in [-0.2, -0.15) is 0 Å². The summed E-state index contributed by atoms with van der Waals surface area (Å²) in [5.74, 6) is 1.23. The summed E-state index contributed by atoms with van der Waals surface area (Å²) in [6, 6.07) is 7.39. The van der Waals surface area contributed by atoms with Gasteiger partial charge in [0.15, 0.2) is 0 Å². The number of aromatic nitrogens is 2. The number of carbonyl (C=O) groups excluding carboxylic acids is 1. The van der Waals surface area contributed by atoms with E-state index < -0.39 is 0 Å². The maximum Gasteiger partial charge on any atom is 0.276 e. The monoisotopic (exact) mass is 321 g/mol. The Kier molecular flexibility index (Phi) is 5.83. The molecule has 0 saturated carbocycles. The fourth-order valence-electron chi connectivity index (χ4n) is 1.65. The number of rotatable bonds is 7. The van der Waals surface area contributed by atoms with Crippen molar-refractivity contribution in [1.82, 2.24) is 15.5 Å². The predicted molar refractivity (Wildman–Crippen MR) is 84.9 cm³/mol. The molecule has 0 aliphatic heterocycles. The zero-order valence-electron chi connectivity index (χ0n) is 12.8. The first-order valence-electron chi connectivity index (χ1n) is 6.98. The molecule has 0 atom stereocenters. The first-order chi connectivity index (χ1) is 10.6. The number of thioether (sulfide) groups is 1. The predicted octanol–water partition coefficient (Wildman–Crippen LogP) is 2.61. The van der Waals surface area contributed by atoms with Crippen LogP contribution in [0.5, 0.6) is 5.75 Å². The normalized spacial score (nSPS) is 10.7. The summed E-state index contributed by atoms with van der Waals surface area (Å²) in [6.45, 7) is 4.62. The molecule has 0 bridgehead atoms. The van der Waals surface area contributed by atoms with Crippen molar-refractivity contribution < 1.29 is 13.9 Å². The van der Waals surface area contributed by atoms with Gasteiger partial charge in [0.25, 0.3) is 5.22 Å². The van der Waals surface area contributed by atoms with Gasteiger partial charge in [-0.25, -0.2) is 0 Å². The van der Waals surface area contributed by atoms with E-state index in [1.807, 2.05) is 44.4 Å². The van der Waals surface area contributed by atoms with Gasteiger partial charge in [-0.1, -0.05) is 25.6 Å². The highest BCUT2D eigenvalue weighted by atomic mass is 32.2. The number of ether oxygens (including phenoxy) is 1. The Morgan fingerprint density at radius 1 is 1.32 bits per heavy atom. The minimum Gasteiger partial charge on any atom is -0.492 e. The SMILES string of the molecule is CSc1nnc(-c2ccc(OCCNC(=O)C(C)C)cc2)o1. The Morgan fingerprint density at radius 3 is 2.64 bits per heavy atom. The summed E-state index contributed by atoms with van der Waals surface area (Å²) in [6.07, 6.45) is 1.88. The van der Waals surface area contributed by atoms with Crippen molar-refractivity contribution in [3.8, 4) is 17.2 Å². The van der Waals surface area contributed by atoms with Crippen LogP contribution < -0.4 is 10.1 Å². The molecule has 0 unspecified atom stereocenters. The molecule has 1 amide bonds. The van der Waals surface area contributed by atoms with Crippen LogP contribution in [0.15, 0.2) is 33.9 Å². The number of nitrogens with one attached hydrogen (secondary N) is 1. The van der Waals surface area contributed by atoms with Crippen molar-refractivity contribution in [2.24, 2.45) is 5.92 Å². The third kappa shape index (κ3) is 4.49. The topological polar surface area (TPSA) is 77.3 Å². The first kappa shape index (κ1) is 16.4. The van der Waals surface area contributed by atoms with Gasteiger partial charge in [0.1, 0.15) is 12.4 Å². The molecule has 1 aromatic carbocycles. The molecule has 1 heterocycles. The van der Waals surface area contributed by atoms with Crippen LogP contribution in [0.2, 0.25) is 0 Å². The molecule has 0 aliphatic rings. The van der Waals surface area contributed by atoms with Gasteiger partial charge >= 0.3 is 0 Å². The van der Waals surface area contributed by atoms with Crippen molar-refractivity contribution >= 4 is 17.7 Å². The minimum atomic E-state index is -0.0140. The largest absolute Gasteiger partial charge is 0.492 e. The van der Waals surface area contributed by atoms with Gasteiger partial charge < -0.3 is 14.5 Å². The number of hydrogen-bond donors (Lipinski definition) is 1. The number of carbonyl (C=O) groups is 1. The van der Waals surface area contributed by atoms with E-state index in [9.17, 15) is 4.79 Å². The maximum atomic E-state index is 11.4. The molecule has 118 valence electrons. The number of hydrogen-bond acceptors (Lipinski definition) is 6. The zero-order valence-corrected chi connectivity index (χ0v) is 13.6.